The van der Waals surface area contributed by atoms with E-state index < -0.39 is 4.92 Å². The summed E-state index contributed by atoms with van der Waals surface area (Å²) in [5.41, 5.74) is 0. The van der Waals surface area contributed by atoms with Crippen molar-refractivity contribution >= 4 is 27.9 Å². The molecular formula is C8H6N6O3S. The van der Waals surface area contributed by atoms with E-state index in [2.05, 4.69) is 25.0 Å². The minimum Gasteiger partial charge on any atom is -0.358 e. The number of hydrogen-bond acceptors (Lipinski definition) is 8. The lowest BCUT2D eigenvalue weighted by molar-refractivity contribution is -0.389. The minimum absolute atomic E-state index is 0.102. The number of nitrogens with one attached hydrogen (secondary N) is 1. The molecule has 3 rings (SSSR count). The highest BCUT2D eigenvalue weighted by molar-refractivity contribution is 7.15. The Balaban J connectivity index is 1.93. The molecule has 92 valence electrons. The summed E-state index contributed by atoms with van der Waals surface area (Å²) in [4.78, 5) is 19.0. The number of rotatable bonds is 4. The third-order valence-electron chi connectivity index (χ3n) is 2.23. The molecule has 9 nitrogen and oxygen atoms in total. The maximum atomic E-state index is 11.0. The van der Waals surface area contributed by atoms with Crippen molar-refractivity contribution in [3.63, 3.8) is 0 Å². The van der Waals surface area contributed by atoms with Gasteiger partial charge in [0, 0.05) is 5.38 Å². The van der Waals surface area contributed by atoms with E-state index in [1.807, 2.05) is 0 Å². The summed E-state index contributed by atoms with van der Waals surface area (Å²) >= 11 is 1.32. The van der Waals surface area contributed by atoms with Crippen LogP contribution in [0.2, 0.25) is 0 Å². The Labute approximate surface area is 103 Å². The smallest absolute Gasteiger partial charge is 0.358 e. The van der Waals surface area contributed by atoms with Gasteiger partial charge in [0.15, 0.2) is 5.82 Å². The van der Waals surface area contributed by atoms with E-state index in [0.29, 0.717) is 10.8 Å². The first-order chi connectivity index (χ1) is 8.75. The second-order valence-electron chi connectivity index (χ2n) is 3.30. The molecule has 0 saturated heterocycles. The average Bonchev–Trinajstić information content (AvgIpc) is 3.01. The molecule has 3 aromatic heterocycles. The first kappa shape index (κ1) is 10.7. The van der Waals surface area contributed by atoms with Crippen LogP contribution in [0, 0.1) is 10.1 Å². The van der Waals surface area contributed by atoms with E-state index in [9.17, 15) is 10.1 Å². The summed E-state index contributed by atoms with van der Waals surface area (Å²) in [6, 6.07) is 0. The summed E-state index contributed by atoms with van der Waals surface area (Å²) in [5.74, 6) is 0.493. The van der Waals surface area contributed by atoms with Gasteiger partial charge >= 0.3 is 5.82 Å². The van der Waals surface area contributed by atoms with Crippen molar-refractivity contribution in [1.29, 1.82) is 0 Å². The molecule has 0 atom stereocenters. The van der Waals surface area contributed by atoms with Crippen LogP contribution in [0.4, 0.5) is 11.6 Å². The van der Waals surface area contributed by atoms with Gasteiger partial charge in [-0.05, 0) is 4.92 Å². The lowest BCUT2D eigenvalue weighted by atomic mass is 10.5. The first-order valence-corrected chi connectivity index (χ1v) is 5.72. The Morgan fingerprint density at radius 2 is 2.50 bits per heavy atom. The van der Waals surface area contributed by atoms with Crippen LogP contribution >= 0.6 is 11.3 Å². The van der Waals surface area contributed by atoms with Crippen molar-refractivity contribution in [3.05, 3.63) is 33.9 Å². The van der Waals surface area contributed by atoms with Crippen LogP contribution in [-0.2, 0) is 6.54 Å². The molecule has 0 bridgehead atoms. The predicted molar refractivity (Wildman–Crippen MR) is 61.3 cm³/mol. The maximum Gasteiger partial charge on any atom is 0.372 e. The summed E-state index contributed by atoms with van der Waals surface area (Å²) < 4.78 is 5.99. The second-order valence-corrected chi connectivity index (χ2v) is 4.17. The Bertz CT molecular complexity index is 687. The van der Waals surface area contributed by atoms with Crippen molar-refractivity contribution in [2.45, 2.75) is 6.54 Å². The van der Waals surface area contributed by atoms with Crippen LogP contribution < -0.4 is 5.32 Å². The monoisotopic (exact) mass is 266 g/mol. The molecule has 0 aliphatic rings. The fourth-order valence-electron chi connectivity index (χ4n) is 1.50. The molecule has 0 saturated carbocycles. The third-order valence-corrected chi connectivity index (χ3v) is 2.99. The van der Waals surface area contributed by atoms with Gasteiger partial charge in [-0.1, -0.05) is 16.5 Å². The topological polar surface area (TPSA) is 111 Å². The quantitative estimate of drug-likeness (QED) is 0.559. The van der Waals surface area contributed by atoms with Crippen molar-refractivity contribution in [2.75, 3.05) is 5.32 Å². The summed E-state index contributed by atoms with van der Waals surface area (Å²) in [6.07, 6.45) is 2.79. The highest BCUT2D eigenvalue weighted by Gasteiger charge is 2.23. The Kier molecular flexibility index (Phi) is 2.41. The van der Waals surface area contributed by atoms with E-state index in [0.717, 1.165) is 0 Å². The van der Waals surface area contributed by atoms with Gasteiger partial charge < -0.3 is 20.0 Å². The van der Waals surface area contributed by atoms with Gasteiger partial charge in [0.1, 0.15) is 6.20 Å². The van der Waals surface area contributed by atoms with Crippen molar-refractivity contribution in [1.82, 2.24) is 19.5 Å². The van der Waals surface area contributed by atoms with Crippen LogP contribution in [0.15, 0.2) is 22.5 Å². The highest BCUT2D eigenvalue weighted by Crippen LogP contribution is 2.28. The largest absolute Gasteiger partial charge is 0.372 e. The standard InChI is InChI=1S/C8H6N6O3S/c15-14(16)7-6(9-3-5-10-4-17-12-5)11-8-13(7)1-2-18-8/h1-2,4,9H,3H2. The van der Waals surface area contributed by atoms with E-state index >= 15 is 0 Å². The highest BCUT2D eigenvalue weighted by atomic mass is 32.1. The number of anilines is 1. The van der Waals surface area contributed by atoms with E-state index in [1.54, 1.807) is 11.6 Å². The normalized spacial score (nSPS) is 10.9. The van der Waals surface area contributed by atoms with Gasteiger partial charge in [0.25, 0.3) is 4.96 Å². The van der Waals surface area contributed by atoms with Crippen molar-refractivity contribution < 1.29 is 9.45 Å². The average molecular weight is 266 g/mol. The lowest BCUT2D eigenvalue weighted by Gasteiger charge is -1.99. The van der Waals surface area contributed by atoms with Gasteiger partial charge in [-0.2, -0.15) is 14.4 Å². The number of thiazole rings is 1. The van der Waals surface area contributed by atoms with Crippen LogP contribution in [0.3, 0.4) is 0 Å². The van der Waals surface area contributed by atoms with Gasteiger partial charge in [0.05, 0.1) is 6.54 Å². The van der Waals surface area contributed by atoms with Crippen LogP contribution in [-0.4, -0.2) is 24.4 Å². The fourth-order valence-corrected chi connectivity index (χ4v) is 2.21. The molecule has 0 aliphatic carbocycles. The second kappa shape index (κ2) is 4.07. The number of nitro groups is 1. The van der Waals surface area contributed by atoms with E-state index in [4.69, 9.17) is 0 Å². The number of imidazole rings is 1. The van der Waals surface area contributed by atoms with Crippen molar-refractivity contribution in [2.24, 2.45) is 0 Å². The molecule has 0 fully saturated rings. The summed E-state index contributed by atoms with van der Waals surface area (Å²) in [6.45, 7) is 0.210. The van der Waals surface area contributed by atoms with Gasteiger partial charge in [-0.15, -0.1) is 0 Å². The maximum absolute atomic E-state index is 11.0. The van der Waals surface area contributed by atoms with E-state index in [1.165, 1.54) is 22.1 Å². The molecule has 0 aliphatic heterocycles. The first-order valence-electron chi connectivity index (χ1n) is 4.85. The molecule has 0 radical (unpaired) electrons. The van der Waals surface area contributed by atoms with Gasteiger partial charge in [-0.3, -0.25) is 0 Å². The number of aromatic nitrogens is 4. The Morgan fingerprint density at radius 3 is 3.22 bits per heavy atom. The van der Waals surface area contributed by atoms with Gasteiger partial charge in [0.2, 0.25) is 12.2 Å². The zero-order valence-electron chi connectivity index (χ0n) is 8.81. The molecule has 3 aromatic rings. The number of fused-ring (bicyclic) bond motifs is 1. The zero-order chi connectivity index (χ0) is 12.5. The molecular weight excluding hydrogens is 260 g/mol. The van der Waals surface area contributed by atoms with Crippen LogP contribution in [0.25, 0.3) is 4.96 Å². The molecule has 10 heteroatoms. The molecule has 1 N–H and O–H groups in total. The van der Waals surface area contributed by atoms with Crippen LogP contribution in [0.1, 0.15) is 5.82 Å². The minimum atomic E-state index is -0.481. The molecule has 0 aromatic carbocycles. The van der Waals surface area contributed by atoms with Gasteiger partial charge in [-0.25, -0.2) is 0 Å². The molecule has 0 unspecified atom stereocenters. The zero-order valence-corrected chi connectivity index (χ0v) is 9.62. The lowest BCUT2D eigenvalue weighted by Crippen LogP contribution is -2.04. The Hall–Kier alpha value is -2.49. The summed E-state index contributed by atoms with van der Waals surface area (Å²) in [7, 11) is 0. The molecule has 3 heterocycles. The molecule has 0 amide bonds. The SMILES string of the molecule is O=[N+]([O-])c1c(NCc2ncon2)nc2sccn12. The third kappa shape index (κ3) is 1.68. The molecule has 0 spiro atoms. The molecule has 18 heavy (non-hydrogen) atoms. The number of hydrogen-bond donors (Lipinski definition) is 1. The Morgan fingerprint density at radius 1 is 1.61 bits per heavy atom. The van der Waals surface area contributed by atoms with Crippen molar-refractivity contribution in [3.8, 4) is 0 Å². The van der Waals surface area contributed by atoms with Crippen LogP contribution in [0.5, 0.6) is 0 Å². The fraction of sp³-hybridized carbons (Fsp3) is 0.125. The number of nitrogens with zero attached hydrogens (tertiary/aromatic N) is 5. The summed E-state index contributed by atoms with van der Waals surface area (Å²) in [5, 5.41) is 19.2. The van der Waals surface area contributed by atoms with E-state index in [-0.39, 0.29) is 18.2 Å². The predicted octanol–water partition coefficient (Wildman–Crippen LogP) is 1.30.